The third-order valence-corrected chi connectivity index (χ3v) is 3.80. The molecule has 1 aliphatic heterocycles. The third kappa shape index (κ3) is 2.52. The van der Waals surface area contributed by atoms with Gasteiger partial charge in [-0.25, -0.2) is 0 Å². The third-order valence-electron chi connectivity index (χ3n) is 3.80. The fourth-order valence-corrected chi connectivity index (χ4v) is 2.59. The number of methoxy groups -OCH3 is 1. The van der Waals surface area contributed by atoms with Crippen molar-refractivity contribution in [3.05, 3.63) is 29.3 Å². The van der Waals surface area contributed by atoms with Crippen LogP contribution in [-0.2, 0) is 10.2 Å². The second-order valence-electron chi connectivity index (χ2n) is 5.53. The topological polar surface area (TPSA) is 38.7 Å². The first-order valence-electron chi connectivity index (χ1n) is 6.43. The molecule has 1 heterocycles. The average molecular weight is 250 g/mol. The van der Waals surface area contributed by atoms with E-state index in [9.17, 15) is 5.11 Å². The van der Waals surface area contributed by atoms with Gasteiger partial charge in [0, 0.05) is 16.9 Å². The number of aliphatic hydroxyl groups excluding tert-OH is 1. The van der Waals surface area contributed by atoms with Gasteiger partial charge in [0.15, 0.2) is 0 Å². The minimum absolute atomic E-state index is 0.128. The molecule has 0 saturated carbocycles. The number of aryl methyl sites for hydroxylation is 1. The molecule has 18 heavy (non-hydrogen) atoms. The first-order chi connectivity index (χ1) is 8.59. The predicted octanol–water partition coefficient (Wildman–Crippen LogP) is 2.29. The maximum atomic E-state index is 9.82. The highest BCUT2D eigenvalue weighted by Crippen LogP contribution is 2.38. The normalized spacial score (nSPS) is 19.1. The quantitative estimate of drug-likeness (QED) is 0.871. The summed E-state index contributed by atoms with van der Waals surface area (Å²) >= 11 is 0. The first-order valence-corrected chi connectivity index (χ1v) is 6.43. The molecule has 3 heteroatoms. The summed E-state index contributed by atoms with van der Waals surface area (Å²) in [7, 11) is 1.68. The molecule has 0 spiro atoms. The van der Waals surface area contributed by atoms with Crippen LogP contribution in [0.25, 0.3) is 0 Å². The number of aliphatic hydroxyl groups is 1. The van der Waals surface area contributed by atoms with E-state index in [1.54, 1.807) is 7.11 Å². The summed E-state index contributed by atoms with van der Waals surface area (Å²) in [6.07, 6.45) is 0.934. The van der Waals surface area contributed by atoms with Crippen LogP contribution in [0.5, 0.6) is 5.75 Å². The molecule has 3 nitrogen and oxygen atoms in total. The molecule has 2 rings (SSSR count). The summed E-state index contributed by atoms with van der Waals surface area (Å²) < 4.78 is 10.7. The average Bonchev–Trinajstić information content (AvgIpc) is 2.33. The Kier molecular flexibility index (Phi) is 3.93. The van der Waals surface area contributed by atoms with Crippen LogP contribution in [0.1, 0.15) is 24.5 Å². The highest BCUT2D eigenvalue weighted by Gasteiger charge is 2.34. The van der Waals surface area contributed by atoms with Crippen LogP contribution >= 0.6 is 0 Å². The standard InChI is InChI=1S/C15H22O3/c1-11-4-5-14(17-3)13(6-11)15(2,10-16)7-12-8-18-9-12/h4-6,12,16H,7-10H2,1-3H3. The van der Waals surface area contributed by atoms with E-state index < -0.39 is 0 Å². The number of ether oxygens (including phenoxy) is 2. The molecule has 1 N–H and O–H groups in total. The Morgan fingerprint density at radius 3 is 2.67 bits per heavy atom. The highest BCUT2D eigenvalue weighted by molar-refractivity contribution is 5.42. The van der Waals surface area contributed by atoms with E-state index in [1.807, 2.05) is 12.1 Å². The number of rotatable bonds is 5. The van der Waals surface area contributed by atoms with E-state index in [0.29, 0.717) is 5.92 Å². The van der Waals surface area contributed by atoms with Crippen LogP contribution in [0, 0.1) is 12.8 Å². The van der Waals surface area contributed by atoms with Gasteiger partial charge in [-0.05, 0) is 19.4 Å². The van der Waals surface area contributed by atoms with Crippen molar-refractivity contribution in [1.82, 2.24) is 0 Å². The second-order valence-corrected chi connectivity index (χ2v) is 5.53. The van der Waals surface area contributed by atoms with Gasteiger partial charge >= 0.3 is 0 Å². The van der Waals surface area contributed by atoms with E-state index in [-0.39, 0.29) is 12.0 Å². The zero-order valence-corrected chi connectivity index (χ0v) is 11.4. The molecule has 1 aliphatic rings. The minimum Gasteiger partial charge on any atom is -0.496 e. The van der Waals surface area contributed by atoms with Gasteiger partial charge in [0.25, 0.3) is 0 Å². The zero-order valence-electron chi connectivity index (χ0n) is 11.4. The van der Waals surface area contributed by atoms with Crippen molar-refractivity contribution in [2.75, 3.05) is 26.9 Å². The molecule has 1 unspecified atom stereocenters. The fourth-order valence-electron chi connectivity index (χ4n) is 2.59. The summed E-state index contributed by atoms with van der Waals surface area (Å²) in [5.74, 6) is 1.41. The molecule has 0 aromatic heterocycles. The molecular formula is C15H22O3. The molecule has 0 amide bonds. The van der Waals surface area contributed by atoms with Gasteiger partial charge < -0.3 is 14.6 Å². The maximum Gasteiger partial charge on any atom is 0.122 e. The molecule has 100 valence electrons. The Morgan fingerprint density at radius 2 is 2.17 bits per heavy atom. The van der Waals surface area contributed by atoms with Gasteiger partial charge in [-0.1, -0.05) is 24.6 Å². The predicted molar refractivity (Wildman–Crippen MR) is 71.1 cm³/mol. The number of hydrogen-bond donors (Lipinski definition) is 1. The van der Waals surface area contributed by atoms with E-state index >= 15 is 0 Å². The number of benzene rings is 1. The molecule has 1 fully saturated rings. The van der Waals surface area contributed by atoms with Gasteiger partial charge in [0.05, 0.1) is 26.9 Å². The largest absolute Gasteiger partial charge is 0.496 e. The summed E-state index contributed by atoms with van der Waals surface area (Å²) in [5.41, 5.74) is 2.03. The van der Waals surface area contributed by atoms with Crippen LogP contribution < -0.4 is 4.74 Å². The van der Waals surface area contributed by atoms with Crippen molar-refractivity contribution in [1.29, 1.82) is 0 Å². The Bertz CT molecular complexity index is 412. The molecular weight excluding hydrogens is 228 g/mol. The Balaban J connectivity index is 2.31. The Labute approximate surface area is 109 Å². The van der Waals surface area contributed by atoms with Crippen LogP contribution in [-0.4, -0.2) is 32.0 Å². The van der Waals surface area contributed by atoms with Crippen molar-refractivity contribution in [2.24, 2.45) is 5.92 Å². The lowest BCUT2D eigenvalue weighted by atomic mass is 9.74. The molecule has 1 aromatic carbocycles. The number of hydrogen-bond acceptors (Lipinski definition) is 3. The van der Waals surface area contributed by atoms with E-state index in [0.717, 1.165) is 30.9 Å². The van der Waals surface area contributed by atoms with Gasteiger partial charge in [0.1, 0.15) is 5.75 Å². The van der Waals surface area contributed by atoms with Crippen molar-refractivity contribution < 1.29 is 14.6 Å². The van der Waals surface area contributed by atoms with E-state index in [4.69, 9.17) is 9.47 Å². The molecule has 0 radical (unpaired) electrons. The van der Waals surface area contributed by atoms with Crippen LogP contribution in [0.4, 0.5) is 0 Å². The summed E-state index contributed by atoms with van der Waals surface area (Å²) in [5, 5.41) is 9.82. The van der Waals surface area contributed by atoms with Crippen LogP contribution in [0.15, 0.2) is 18.2 Å². The lowest BCUT2D eigenvalue weighted by molar-refractivity contribution is -0.0487. The van der Waals surface area contributed by atoms with Crippen molar-refractivity contribution in [3.63, 3.8) is 0 Å². The molecule has 1 aromatic rings. The van der Waals surface area contributed by atoms with E-state index in [1.165, 1.54) is 5.56 Å². The zero-order chi connectivity index (χ0) is 13.2. The SMILES string of the molecule is COc1ccc(C)cc1C(C)(CO)CC1COC1. The van der Waals surface area contributed by atoms with Gasteiger partial charge in [-0.15, -0.1) is 0 Å². The molecule has 0 bridgehead atoms. The Morgan fingerprint density at radius 1 is 1.44 bits per heavy atom. The molecule has 0 aliphatic carbocycles. The highest BCUT2D eigenvalue weighted by atomic mass is 16.5. The van der Waals surface area contributed by atoms with Gasteiger partial charge in [-0.3, -0.25) is 0 Å². The van der Waals surface area contributed by atoms with Crippen LogP contribution in [0.3, 0.4) is 0 Å². The lowest BCUT2D eigenvalue weighted by Crippen LogP contribution is -2.37. The maximum absolute atomic E-state index is 9.82. The minimum atomic E-state index is -0.258. The van der Waals surface area contributed by atoms with Gasteiger partial charge in [0.2, 0.25) is 0 Å². The molecule has 1 saturated heterocycles. The van der Waals surface area contributed by atoms with E-state index in [2.05, 4.69) is 19.9 Å². The van der Waals surface area contributed by atoms with Crippen LogP contribution in [0.2, 0.25) is 0 Å². The van der Waals surface area contributed by atoms with Gasteiger partial charge in [-0.2, -0.15) is 0 Å². The summed E-state index contributed by atoms with van der Waals surface area (Å²) in [4.78, 5) is 0. The smallest absolute Gasteiger partial charge is 0.122 e. The van der Waals surface area contributed by atoms with Crippen molar-refractivity contribution in [3.8, 4) is 5.75 Å². The van der Waals surface area contributed by atoms with Crippen molar-refractivity contribution >= 4 is 0 Å². The lowest BCUT2D eigenvalue weighted by Gasteiger charge is -2.36. The van der Waals surface area contributed by atoms with Crippen molar-refractivity contribution in [2.45, 2.75) is 25.7 Å². The fraction of sp³-hybridized carbons (Fsp3) is 0.600. The summed E-state index contributed by atoms with van der Waals surface area (Å²) in [6, 6.07) is 6.14. The second kappa shape index (κ2) is 5.29. The molecule has 1 atom stereocenters. The summed E-state index contributed by atoms with van der Waals surface area (Å²) in [6.45, 7) is 5.91. The monoisotopic (exact) mass is 250 g/mol. The Hall–Kier alpha value is -1.06. The first kappa shape index (κ1) is 13.4.